The minimum atomic E-state index is -0.0963. The topological polar surface area (TPSA) is 35.5 Å². The summed E-state index contributed by atoms with van der Waals surface area (Å²) in [6.45, 7) is 5.05. The molecule has 0 N–H and O–H groups in total. The third kappa shape index (κ3) is 3.34. The van der Waals surface area contributed by atoms with Crippen LogP contribution in [0.5, 0.6) is 0 Å². The van der Waals surface area contributed by atoms with Gasteiger partial charge in [0.15, 0.2) is 0 Å². The van der Waals surface area contributed by atoms with E-state index >= 15 is 0 Å². The van der Waals surface area contributed by atoms with Crippen molar-refractivity contribution in [2.24, 2.45) is 5.92 Å². The van der Waals surface area contributed by atoms with Crippen molar-refractivity contribution in [2.45, 2.75) is 39.5 Å². The fourth-order valence-electron chi connectivity index (χ4n) is 2.03. The molecule has 0 radical (unpaired) electrons. The highest BCUT2D eigenvalue weighted by Crippen LogP contribution is 2.43. The molecule has 1 aliphatic carbocycles. The number of esters is 1. The van der Waals surface area contributed by atoms with Gasteiger partial charge < -0.3 is 9.47 Å². The van der Waals surface area contributed by atoms with Crippen LogP contribution in [0.15, 0.2) is 11.1 Å². The Morgan fingerprint density at radius 1 is 1.25 bits per heavy atom. The van der Waals surface area contributed by atoms with Crippen molar-refractivity contribution in [3.63, 3.8) is 0 Å². The molecule has 0 aromatic carbocycles. The Bertz CT molecular complexity index is 268. The third-order valence-corrected chi connectivity index (χ3v) is 2.90. The molecule has 0 amide bonds. The van der Waals surface area contributed by atoms with Crippen LogP contribution in [0.2, 0.25) is 0 Å². The van der Waals surface area contributed by atoms with E-state index in [9.17, 15) is 4.79 Å². The second kappa shape index (κ2) is 6.69. The highest BCUT2D eigenvalue weighted by molar-refractivity contribution is 5.86. The summed E-state index contributed by atoms with van der Waals surface area (Å²) in [4.78, 5) is 11.6. The van der Waals surface area contributed by atoms with Gasteiger partial charge in [-0.2, -0.15) is 0 Å². The second-order valence-corrected chi connectivity index (χ2v) is 4.13. The van der Waals surface area contributed by atoms with Crippen LogP contribution in [0.3, 0.4) is 0 Å². The van der Waals surface area contributed by atoms with Crippen molar-refractivity contribution in [3.8, 4) is 0 Å². The summed E-state index contributed by atoms with van der Waals surface area (Å²) in [6.07, 6.45) is 4.61. The molecule has 0 saturated heterocycles. The highest BCUT2D eigenvalue weighted by Gasteiger charge is 2.42. The van der Waals surface area contributed by atoms with Crippen molar-refractivity contribution in [3.05, 3.63) is 11.1 Å². The molecule has 0 aromatic rings. The van der Waals surface area contributed by atoms with E-state index in [1.54, 1.807) is 7.11 Å². The van der Waals surface area contributed by atoms with E-state index in [2.05, 4.69) is 6.92 Å². The summed E-state index contributed by atoms with van der Waals surface area (Å²) in [5.74, 6) is -0.155. The van der Waals surface area contributed by atoms with E-state index in [1.165, 1.54) is 18.4 Å². The lowest BCUT2D eigenvalue weighted by Gasteiger charge is -2.02. The average molecular weight is 226 g/mol. The van der Waals surface area contributed by atoms with Crippen LogP contribution in [0.1, 0.15) is 39.5 Å². The van der Waals surface area contributed by atoms with Gasteiger partial charge in [-0.15, -0.1) is 0 Å². The lowest BCUT2D eigenvalue weighted by molar-refractivity contribution is -0.144. The molecule has 0 aromatic heterocycles. The first-order chi connectivity index (χ1) is 7.76. The molecule has 0 unspecified atom stereocenters. The Kier molecular flexibility index (Phi) is 5.53. The lowest BCUT2D eigenvalue weighted by atomic mass is 10.1. The molecule has 92 valence electrons. The highest BCUT2D eigenvalue weighted by atomic mass is 16.5. The van der Waals surface area contributed by atoms with Gasteiger partial charge in [-0.3, -0.25) is 4.79 Å². The number of carbonyl (C=O) groups excluding carboxylic acids is 1. The predicted octanol–water partition coefficient (Wildman–Crippen LogP) is 2.70. The molecule has 3 nitrogen and oxygen atoms in total. The van der Waals surface area contributed by atoms with E-state index in [-0.39, 0.29) is 11.9 Å². The fourth-order valence-corrected chi connectivity index (χ4v) is 2.03. The summed E-state index contributed by atoms with van der Waals surface area (Å²) >= 11 is 0. The van der Waals surface area contributed by atoms with Crippen LogP contribution >= 0.6 is 0 Å². The Balaban J connectivity index is 2.40. The Labute approximate surface area is 97.8 Å². The molecule has 0 fully saturated rings. The van der Waals surface area contributed by atoms with Crippen LogP contribution in [0.4, 0.5) is 0 Å². The van der Waals surface area contributed by atoms with E-state index in [1.807, 2.05) is 6.92 Å². The van der Waals surface area contributed by atoms with Crippen LogP contribution < -0.4 is 0 Å². The minimum absolute atomic E-state index is 0.0586. The first-order valence-corrected chi connectivity index (χ1v) is 6.13. The van der Waals surface area contributed by atoms with Crippen LogP contribution in [-0.4, -0.2) is 26.3 Å². The van der Waals surface area contributed by atoms with Gasteiger partial charge in [-0.25, -0.2) is 0 Å². The van der Waals surface area contributed by atoms with E-state index in [0.29, 0.717) is 13.2 Å². The van der Waals surface area contributed by atoms with Crippen molar-refractivity contribution in [2.75, 3.05) is 20.3 Å². The standard InChI is InChI=1S/C13H22O3/c1-4-6-7-8-10-11(9-15-3)12(10)13(14)16-5-2/h12H,4-9H2,1-3H3/t12-/m0/s1. The van der Waals surface area contributed by atoms with Crippen molar-refractivity contribution in [1.29, 1.82) is 0 Å². The monoisotopic (exact) mass is 226 g/mol. The Morgan fingerprint density at radius 2 is 2.00 bits per heavy atom. The van der Waals surface area contributed by atoms with Gasteiger partial charge in [0, 0.05) is 7.11 Å². The predicted molar refractivity (Wildman–Crippen MR) is 63.2 cm³/mol. The van der Waals surface area contributed by atoms with Gasteiger partial charge in [0.05, 0.1) is 13.2 Å². The van der Waals surface area contributed by atoms with Crippen LogP contribution in [0.25, 0.3) is 0 Å². The maximum Gasteiger partial charge on any atom is 0.317 e. The summed E-state index contributed by atoms with van der Waals surface area (Å²) in [7, 11) is 1.66. The van der Waals surface area contributed by atoms with Gasteiger partial charge in [0.1, 0.15) is 5.92 Å². The number of rotatable bonds is 8. The Morgan fingerprint density at radius 3 is 2.56 bits per heavy atom. The molecule has 0 saturated carbocycles. The Hall–Kier alpha value is -0.830. The number of methoxy groups -OCH3 is 1. The molecule has 1 aliphatic rings. The maximum absolute atomic E-state index is 11.6. The van der Waals surface area contributed by atoms with Gasteiger partial charge in [0.2, 0.25) is 0 Å². The van der Waals surface area contributed by atoms with E-state index < -0.39 is 0 Å². The molecular weight excluding hydrogens is 204 g/mol. The van der Waals surface area contributed by atoms with Crippen molar-refractivity contribution in [1.82, 2.24) is 0 Å². The first-order valence-electron chi connectivity index (χ1n) is 6.13. The van der Waals surface area contributed by atoms with Gasteiger partial charge in [-0.05, 0) is 30.9 Å². The minimum Gasteiger partial charge on any atom is -0.465 e. The SMILES string of the molecule is CCCCCC1=C(COC)[C@H]1C(=O)OCC. The fraction of sp³-hybridized carbons (Fsp3) is 0.769. The summed E-state index contributed by atoms with van der Waals surface area (Å²) in [6, 6.07) is 0. The average Bonchev–Trinajstić information content (AvgIpc) is 2.93. The maximum atomic E-state index is 11.6. The van der Waals surface area contributed by atoms with Gasteiger partial charge in [-0.1, -0.05) is 19.8 Å². The molecule has 1 atom stereocenters. The van der Waals surface area contributed by atoms with Crippen molar-refractivity contribution >= 4 is 5.97 Å². The summed E-state index contributed by atoms with van der Waals surface area (Å²) in [5.41, 5.74) is 2.41. The molecule has 0 spiro atoms. The quantitative estimate of drug-likeness (QED) is 0.362. The van der Waals surface area contributed by atoms with Gasteiger partial charge in [0.25, 0.3) is 0 Å². The molecule has 3 heteroatoms. The number of ether oxygens (including phenoxy) is 2. The number of hydrogen-bond donors (Lipinski definition) is 0. The van der Waals surface area contributed by atoms with Crippen LogP contribution in [-0.2, 0) is 14.3 Å². The van der Waals surface area contributed by atoms with Gasteiger partial charge >= 0.3 is 5.97 Å². The molecular formula is C13H22O3. The molecule has 0 bridgehead atoms. The zero-order valence-electron chi connectivity index (χ0n) is 10.5. The number of hydrogen-bond acceptors (Lipinski definition) is 3. The summed E-state index contributed by atoms with van der Waals surface area (Å²) in [5, 5.41) is 0. The van der Waals surface area contributed by atoms with E-state index in [4.69, 9.17) is 9.47 Å². The zero-order valence-corrected chi connectivity index (χ0v) is 10.5. The first kappa shape index (κ1) is 13.2. The number of unbranched alkanes of at least 4 members (excludes halogenated alkanes) is 2. The smallest absolute Gasteiger partial charge is 0.317 e. The molecule has 0 heterocycles. The molecule has 0 aliphatic heterocycles. The molecule has 1 rings (SSSR count). The van der Waals surface area contributed by atoms with E-state index in [0.717, 1.165) is 18.4 Å². The normalized spacial score (nSPS) is 18.8. The molecule has 16 heavy (non-hydrogen) atoms. The van der Waals surface area contributed by atoms with Crippen molar-refractivity contribution < 1.29 is 14.3 Å². The zero-order chi connectivity index (χ0) is 12.0. The third-order valence-electron chi connectivity index (χ3n) is 2.90. The lowest BCUT2D eigenvalue weighted by Crippen LogP contribution is -2.10. The second-order valence-electron chi connectivity index (χ2n) is 4.13. The van der Waals surface area contributed by atoms with Crippen LogP contribution in [0, 0.1) is 5.92 Å². The summed E-state index contributed by atoms with van der Waals surface area (Å²) < 4.78 is 10.1. The largest absolute Gasteiger partial charge is 0.465 e. The number of carbonyl (C=O) groups is 1.